The maximum absolute atomic E-state index is 13.2. The zero-order valence-electron chi connectivity index (χ0n) is 15.8. The molecule has 0 atom stereocenters. The quantitative estimate of drug-likeness (QED) is 0.489. The van der Waals surface area contributed by atoms with Crippen LogP contribution in [0, 0.1) is 12.7 Å². The Bertz CT molecular complexity index is 1110. The third kappa shape index (κ3) is 4.37. The highest BCUT2D eigenvalue weighted by atomic mass is 32.2. The monoisotopic (exact) mass is 410 g/mol. The van der Waals surface area contributed by atoms with Gasteiger partial charge in [0.1, 0.15) is 5.82 Å². The van der Waals surface area contributed by atoms with Crippen molar-refractivity contribution < 1.29 is 9.18 Å². The summed E-state index contributed by atoms with van der Waals surface area (Å²) in [6, 6.07) is 9.19. The molecule has 148 valence electrons. The Balaban J connectivity index is 1.50. The molecule has 0 saturated heterocycles. The Morgan fingerprint density at radius 3 is 2.76 bits per heavy atom. The molecule has 6 nitrogen and oxygen atoms in total. The van der Waals surface area contributed by atoms with E-state index in [0.717, 1.165) is 16.8 Å². The van der Waals surface area contributed by atoms with Crippen molar-refractivity contribution >= 4 is 17.7 Å². The van der Waals surface area contributed by atoms with E-state index in [4.69, 9.17) is 0 Å². The summed E-state index contributed by atoms with van der Waals surface area (Å²) in [5, 5.41) is 0.584. The molecule has 2 aromatic heterocycles. The Labute approximate surface area is 171 Å². The molecular weight excluding hydrogens is 391 g/mol. The van der Waals surface area contributed by atoms with E-state index in [1.807, 2.05) is 13.0 Å². The average molecular weight is 410 g/mol. The number of thioether (sulfide) groups is 1. The summed E-state index contributed by atoms with van der Waals surface area (Å²) in [5.41, 5.74) is 3.16. The first-order valence-electron chi connectivity index (χ1n) is 9.20. The van der Waals surface area contributed by atoms with Crippen LogP contribution in [-0.2, 0) is 17.8 Å². The summed E-state index contributed by atoms with van der Waals surface area (Å²) in [6.07, 6.45) is 4.06. The lowest BCUT2D eigenvalue weighted by atomic mass is 10.0. The molecule has 0 spiro atoms. The normalized spacial score (nSPS) is 13.2. The average Bonchev–Trinajstić information content (AvgIpc) is 2.72. The number of rotatable bonds is 4. The van der Waals surface area contributed by atoms with Crippen LogP contribution in [0.3, 0.4) is 0 Å². The van der Waals surface area contributed by atoms with Crippen LogP contribution in [0.4, 0.5) is 4.39 Å². The van der Waals surface area contributed by atoms with Crippen LogP contribution in [0.5, 0.6) is 0 Å². The van der Waals surface area contributed by atoms with E-state index in [1.165, 1.54) is 28.5 Å². The van der Waals surface area contributed by atoms with Gasteiger partial charge in [0.25, 0.3) is 5.56 Å². The number of halogens is 1. The fraction of sp³-hybridized carbons (Fsp3) is 0.238. The third-order valence-electron chi connectivity index (χ3n) is 4.80. The van der Waals surface area contributed by atoms with E-state index in [1.54, 1.807) is 35.5 Å². The molecule has 0 radical (unpaired) electrons. The number of pyridine rings is 1. The zero-order chi connectivity index (χ0) is 20.4. The second-order valence-corrected chi connectivity index (χ2v) is 7.79. The number of carbonyl (C=O) groups excluding carboxylic acids is 1. The summed E-state index contributed by atoms with van der Waals surface area (Å²) >= 11 is 1.32. The highest BCUT2D eigenvalue weighted by molar-refractivity contribution is 7.99. The van der Waals surface area contributed by atoms with Gasteiger partial charge < -0.3 is 4.90 Å². The van der Waals surface area contributed by atoms with Gasteiger partial charge in [0, 0.05) is 42.9 Å². The molecular formula is C21H19FN4O2S. The molecule has 0 bridgehead atoms. The number of nitrogens with zero attached hydrogens (tertiary/aromatic N) is 4. The van der Waals surface area contributed by atoms with E-state index >= 15 is 0 Å². The molecule has 3 aromatic rings. The second kappa shape index (κ2) is 8.16. The van der Waals surface area contributed by atoms with Gasteiger partial charge in [-0.05, 0) is 54.8 Å². The minimum absolute atomic E-state index is 0.00490. The largest absolute Gasteiger partial charge is 0.337 e. The predicted octanol–water partition coefficient (Wildman–Crippen LogP) is 2.75. The van der Waals surface area contributed by atoms with Gasteiger partial charge in [-0.3, -0.25) is 14.2 Å². The van der Waals surface area contributed by atoms with Crippen molar-refractivity contribution in [3.63, 3.8) is 0 Å². The van der Waals surface area contributed by atoms with Crippen molar-refractivity contribution in [3.05, 3.63) is 81.8 Å². The maximum atomic E-state index is 13.2. The molecule has 3 heterocycles. The van der Waals surface area contributed by atoms with E-state index in [-0.39, 0.29) is 23.0 Å². The lowest BCUT2D eigenvalue weighted by Gasteiger charge is -2.29. The summed E-state index contributed by atoms with van der Waals surface area (Å²) in [5.74, 6) is -0.0898. The number of aromatic nitrogens is 3. The minimum atomic E-state index is -0.355. The van der Waals surface area contributed by atoms with Crippen molar-refractivity contribution in [1.29, 1.82) is 0 Å². The number of hydrogen-bond acceptors (Lipinski definition) is 5. The first kappa shape index (κ1) is 19.3. The number of hydrogen-bond donors (Lipinski definition) is 0. The van der Waals surface area contributed by atoms with Gasteiger partial charge >= 0.3 is 0 Å². The van der Waals surface area contributed by atoms with Gasteiger partial charge in [-0.25, -0.2) is 14.4 Å². The van der Waals surface area contributed by atoms with Crippen molar-refractivity contribution in [3.8, 4) is 5.69 Å². The number of fused-ring (bicyclic) bond motifs is 1. The van der Waals surface area contributed by atoms with Crippen LogP contribution in [0.2, 0.25) is 0 Å². The fourth-order valence-electron chi connectivity index (χ4n) is 3.26. The number of amides is 1. The van der Waals surface area contributed by atoms with Crippen molar-refractivity contribution in [2.24, 2.45) is 0 Å². The predicted molar refractivity (Wildman–Crippen MR) is 109 cm³/mol. The van der Waals surface area contributed by atoms with Crippen LogP contribution >= 0.6 is 11.8 Å². The minimum Gasteiger partial charge on any atom is -0.337 e. The smallest absolute Gasteiger partial charge is 0.255 e. The van der Waals surface area contributed by atoms with Crippen molar-refractivity contribution in [2.75, 3.05) is 12.3 Å². The van der Waals surface area contributed by atoms with Crippen molar-refractivity contribution in [1.82, 2.24) is 19.4 Å². The Morgan fingerprint density at radius 1 is 1.21 bits per heavy atom. The molecule has 0 fully saturated rings. The van der Waals surface area contributed by atoms with Crippen LogP contribution < -0.4 is 5.56 Å². The molecule has 1 amide bonds. The SMILES string of the molecule is Cc1ccnc(SCC(=O)N2CCc3cc(=O)n(-c4ccc(F)cc4)cc3C2)n1. The van der Waals surface area contributed by atoms with Gasteiger partial charge in [-0.1, -0.05) is 11.8 Å². The summed E-state index contributed by atoms with van der Waals surface area (Å²) in [4.78, 5) is 35.4. The van der Waals surface area contributed by atoms with E-state index in [9.17, 15) is 14.0 Å². The Kier molecular flexibility index (Phi) is 5.44. The van der Waals surface area contributed by atoms with Gasteiger partial charge in [0.15, 0.2) is 5.16 Å². The third-order valence-corrected chi connectivity index (χ3v) is 5.65. The van der Waals surface area contributed by atoms with Gasteiger partial charge in [0.05, 0.1) is 5.75 Å². The summed E-state index contributed by atoms with van der Waals surface area (Å²) in [6.45, 7) is 2.89. The standard InChI is InChI=1S/C21H19FN4O2S/c1-14-6-8-23-21(24-14)29-13-20(28)25-9-7-15-10-19(27)26(12-16(15)11-25)18-4-2-17(22)3-5-18/h2-6,8,10,12H,7,9,11,13H2,1H3. The van der Waals surface area contributed by atoms with Crippen LogP contribution in [0.25, 0.3) is 5.69 Å². The molecule has 0 saturated carbocycles. The number of carbonyl (C=O) groups is 1. The summed E-state index contributed by atoms with van der Waals surface area (Å²) in [7, 11) is 0. The lowest BCUT2D eigenvalue weighted by molar-refractivity contribution is -0.129. The van der Waals surface area contributed by atoms with E-state index < -0.39 is 0 Å². The molecule has 4 rings (SSSR count). The molecule has 0 N–H and O–H groups in total. The number of benzene rings is 1. The Hall–Kier alpha value is -3.00. The number of aryl methyl sites for hydroxylation is 1. The van der Waals surface area contributed by atoms with Gasteiger partial charge in [0.2, 0.25) is 5.91 Å². The molecule has 0 aliphatic carbocycles. The van der Waals surface area contributed by atoms with Crippen LogP contribution in [-0.4, -0.2) is 37.6 Å². The Morgan fingerprint density at radius 2 is 2.00 bits per heavy atom. The molecule has 0 unspecified atom stereocenters. The second-order valence-electron chi connectivity index (χ2n) is 6.84. The molecule has 1 aliphatic heterocycles. The zero-order valence-corrected chi connectivity index (χ0v) is 16.7. The highest BCUT2D eigenvalue weighted by Gasteiger charge is 2.22. The molecule has 1 aromatic carbocycles. The lowest BCUT2D eigenvalue weighted by Crippen LogP contribution is -2.38. The maximum Gasteiger partial charge on any atom is 0.255 e. The van der Waals surface area contributed by atoms with Crippen LogP contribution in [0.1, 0.15) is 16.8 Å². The molecule has 8 heteroatoms. The van der Waals surface area contributed by atoms with E-state index in [2.05, 4.69) is 9.97 Å². The van der Waals surface area contributed by atoms with Crippen molar-refractivity contribution in [2.45, 2.75) is 25.0 Å². The summed E-state index contributed by atoms with van der Waals surface area (Å²) < 4.78 is 14.7. The fourth-order valence-corrected chi connectivity index (χ4v) is 4.04. The van der Waals surface area contributed by atoms with Gasteiger partial charge in [-0.2, -0.15) is 0 Å². The first-order chi connectivity index (χ1) is 14.0. The molecule has 29 heavy (non-hydrogen) atoms. The highest BCUT2D eigenvalue weighted by Crippen LogP contribution is 2.21. The first-order valence-corrected chi connectivity index (χ1v) is 10.2. The topological polar surface area (TPSA) is 68.1 Å². The molecule has 1 aliphatic rings. The van der Waals surface area contributed by atoms with E-state index in [0.29, 0.717) is 30.4 Å². The van der Waals surface area contributed by atoms with Crippen LogP contribution in [0.15, 0.2) is 58.7 Å². The van der Waals surface area contributed by atoms with Gasteiger partial charge in [-0.15, -0.1) is 0 Å².